The van der Waals surface area contributed by atoms with Crippen LogP contribution in [0.5, 0.6) is 0 Å². The second-order valence-corrected chi connectivity index (χ2v) is 5.00. The summed E-state index contributed by atoms with van der Waals surface area (Å²) < 4.78 is 0. The third-order valence-electron chi connectivity index (χ3n) is 2.08. The Labute approximate surface area is 95.1 Å². The number of aromatic nitrogens is 1. The second kappa shape index (κ2) is 5.26. The van der Waals surface area contributed by atoms with Gasteiger partial charge in [0, 0.05) is 20.0 Å². The van der Waals surface area contributed by atoms with Gasteiger partial charge in [-0.25, -0.2) is 4.98 Å². The Kier molecular flexibility index (Phi) is 4.27. The van der Waals surface area contributed by atoms with Gasteiger partial charge in [-0.2, -0.15) is 0 Å². The third kappa shape index (κ3) is 3.30. The first-order valence-electron chi connectivity index (χ1n) is 5.26. The Morgan fingerprint density at radius 1 is 1.60 bits per heavy atom. The van der Waals surface area contributed by atoms with E-state index in [9.17, 15) is 4.79 Å². The smallest absolute Gasteiger partial charge is 0.185 e. The normalized spacial score (nSPS) is 10.7. The Hall–Kier alpha value is -0.900. The molecular formula is C11H18N2OS. The van der Waals surface area contributed by atoms with Crippen molar-refractivity contribution in [2.45, 2.75) is 27.7 Å². The maximum Gasteiger partial charge on any atom is 0.185 e. The quantitative estimate of drug-likeness (QED) is 0.724. The number of nitrogens with zero attached hydrogens (tertiary/aromatic N) is 2. The average Bonchev–Trinajstić information content (AvgIpc) is 2.62. The molecule has 0 saturated carbocycles. The molecule has 1 rings (SSSR count). The number of Topliss-reactive ketones (excluding diaryl/α,β-unsaturated/α-hetero) is 1. The summed E-state index contributed by atoms with van der Waals surface area (Å²) >= 11 is 1.48. The number of carbonyl (C=O) groups is 1. The van der Waals surface area contributed by atoms with Crippen LogP contribution in [0.4, 0.5) is 5.13 Å². The van der Waals surface area contributed by atoms with Crippen LogP contribution in [0, 0.1) is 5.92 Å². The van der Waals surface area contributed by atoms with E-state index in [1.807, 2.05) is 0 Å². The van der Waals surface area contributed by atoms with Crippen molar-refractivity contribution in [2.24, 2.45) is 5.92 Å². The maximum atomic E-state index is 11.1. The van der Waals surface area contributed by atoms with Crippen LogP contribution in [0.3, 0.4) is 0 Å². The van der Waals surface area contributed by atoms with Gasteiger partial charge in [-0.1, -0.05) is 25.2 Å². The van der Waals surface area contributed by atoms with Crippen molar-refractivity contribution in [2.75, 3.05) is 18.0 Å². The molecule has 1 heterocycles. The van der Waals surface area contributed by atoms with E-state index in [1.165, 1.54) is 11.3 Å². The zero-order valence-electron chi connectivity index (χ0n) is 9.78. The monoisotopic (exact) mass is 226 g/mol. The molecule has 4 heteroatoms. The van der Waals surface area contributed by atoms with Gasteiger partial charge in [0.15, 0.2) is 10.9 Å². The van der Waals surface area contributed by atoms with E-state index in [2.05, 4.69) is 30.7 Å². The molecule has 84 valence electrons. The summed E-state index contributed by atoms with van der Waals surface area (Å²) in [6, 6.07) is 0. The van der Waals surface area contributed by atoms with Gasteiger partial charge in [0.05, 0.1) is 11.1 Å². The number of hydrogen-bond donors (Lipinski definition) is 0. The summed E-state index contributed by atoms with van der Waals surface area (Å²) in [5.41, 5.74) is 0. The summed E-state index contributed by atoms with van der Waals surface area (Å²) in [6.45, 7) is 9.97. The molecule has 0 bridgehead atoms. The number of rotatable bonds is 5. The zero-order chi connectivity index (χ0) is 11.4. The fraction of sp³-hybridized carbons (Fsp3) is 0.636. The van der Waals surface area contributed by atoms with Gasteiger partial charge in [0.1, 0.15) is 0 Å². The van der Waals surface area contributed by atoms with E-state index in [0.717, 1.165) is 23.1 Å². The van der Waals surface area contributed by atoms with E-state index >= 15 is 0 Å². The van der Waals surface area contributed by atoms with E-state index < -0.39 is 0 Å². The Morgan fingerprint density at radius 3 is 2.67 bits per heavy atom. The molecule has 0 spiro atoms. The van der Waals surface area contributed by atoms with E-state index in [-0.39, 0.29) is 5.78 Å². The molecule has 0 aliphatic heterocycles. The fourth-order valence-corrected chi connectivity index (χ4v) is 2.24. The molecule has 0 N–H and O–H groups in total. The molecule has 0 unspecified atom stereocenters. The summed E-state index contributed by atoms with van der Waals surface area (Å²) in [4.78, 5) is 18.4. The third-order valence-corrected chi connectivity index (χ3v) is 3.24. The van der Waals surface area contributed by atoms with Crippen molar-refractivity contribution in [1.82, 2.24) is 4.98 Å². The highest BCUT2D eigenvalue weighted by molar-refractivity contribution is 7.17. The minimum atomic E-state index is 0.0966. The predicted octanol–water partition coefficient (Wildman–Crippen LogP) is 2.83. The highest BCUT2D eigenvalue weighted by atomic mass is 32.1. The van der Waals surface area contributed by atoms with Crippen LogP contribution in [0.1, 0.15) is 37.4 Å². The highest BCUT2D eigenvalue weighted by Crippen LogP contribution is 2.23. The highest BCUT2D eigenvalue weighted by Gasteiger charge is 2.12. The summed E-state index contributed by atoms with van der Waals surface area (Å²) in [5.74, 6) is 0.703. The van der Waals surface area contributed by atoms with E-state index in [4.69, 9.17) is 0 Å². The van der Waals surface area contributed by atoms with Crippen molar-refractivity contribution in [1.29, 1.82) is 0 Å². The molecule has 0 fully saturated rings. The fourth-order valence-electron chi connectivity index (χ4n) is 1.36. The molecule has 1 aromatic rings. The Morgan fingerprint density at radius 2 is 2.27 bits per heavy atom. The van der Waals surface area contributed by atoms with Crippen LogP contribution in [-0.4, -0.2) is 23.9 Å². The molecule has 0 amide bonds. The van der Waals surface area contributed by atoms with Gasteiger partial charge in [-0.05, 0) is 12.8 Å². The molecule has 1 aromatic heterocycles. The first-order chi connectivity index (χ1) is 7.04. The standard InChI is InChI=1S/C11H18N2OS/c1-5-13(7-8(2)3)11-12-6-10(15-11)9(4)14/h6,8H,5,7H2,1-4H3. The van der Waals surface area contributed by atoms with E-state index in [0.29, 0.717) is 5.92 Å². The first-order valence-corrected chi connectivity index (χ1v) is 6.08. The number of anilines is 1. The van der Waals surface area contributed by atoms with Gasteiger partial charge >= 0.3 is 0 Å². The van der Waals surface area contributed by atoms with Crippen LogP contribution in [-0.2, 0) is 0 Å². The van der Waals surface area contributed by atoms with Crippen molar-refractivity contribution in [3.8, 4) is 0 Å². The van der Waals surface area contributed by atoms with Gasteiger partial charge in [-0.15, -0.1) is 0 Å². The van der Waals surface area contributed by atoms with Gasteiger partial charge in [0.25, 0.3) is 0 Å². The number of carbonyl (C=O) groups excluding carboxylic acids is 1. The van der Waals surface area contributed by atoms with Crippen LogP contribution in [0.15, 0.2) is 6.20 Å². The largest absolute Gasteiger partial charge is 0.348 e. The SMILES string of the molecule is CCN(CC(C)C)c1ncc(C(C)=O)s1. The van der Waals surface area contributed by atoms with Crippen molar-refractivity contribution >= 4 is 22.3 Å². The lowest BCUT2D eigenvalue weighted by Gasteiger charge is -2.21. The van der Waals surface area contributed by atoms with Crippen LogP contribution in [0.25, 0.3) is 0 Å². The first kappa shape index (κ1) is 12.2. The average molecular weight is 226 g/mol. The molecule has 0 aliphatic carbocycles. The summed E-state index contributed by atoms with van der Waals surface area (Å²) in [6.07, 6.45) is 1.67. The Bertz CT molecular complexity index is 333. The molecular weight excluding hydrogens is 208 g/mol. The van der Waals surface area contributed by atoms with Crippen molar-refractivity contribution < 1.29 is 4.79 Å². The summed E-state index contributed by atoms with van der Waals surface area (Å²) in [5, 5.41) is 0.955. The number of thiazole rings is 1. The van der Waals surface area contributed by atoms with Crippen molar-refractivity contribution in [3.05, 3.63) is 11.1 Å². The predicted molar refractivity (Wildman–Crippen MR) is 64.8 cm³/mol. The van der Waals surface area contributed by atoms with E-state index in [1.54, 1.807) is 13.1 Å². The maximum absolute atomic E-state index is 11.1. The topological polar surface area (TPSA) is 33.2 Å². The lowest BCUT2D eigenvalue weighted by Crippen LogP contribution is -2.26. The molecule has 3 nitrogen and oxygen atoms in total. The minimum Gasteiger partial charge on any atom is -0.348 e. The second-order valence-electron chi connectivity index (χ2n) is 4.00. The number of ketones is 1. The van der Waals surface area contributed by atoms with Gasteiger partial charge in [-0.3, -0.25) is 4.79 Å². The van der Waals surface area contributed by atoms with Gasteiger partial charge < -0.3 is 4.90 Å². The number of hydrogen-bond acceptors (Lipinski definition) is 4. The molecule has 0 saturated heterocycles. The molecule has 0 radical (unpaired) electrons. The van der Waals surface area contributed by atoms with Crippen LogP contribution < -0.4 is 4.90 Å². The van der Waals surface area contributed by atoms with Crippen LogP contribution in [0.2, 0.25) is 0 Å². The zero-order valence-corrected chi connectivity index (χ0v) is 10.6. The Balaban J connectivity index is 2.78. The summed E-state index contributed by atoms with van der Waals surface area (Å²) in [7, 11) is 0. The lowest BCUT2D eigenvalue weighted by atomic mass is 10.2. The molecule has 0 atom stereocenters. The van der Waals surface area contributed by atoms with Crippen molar-refractivity contribution in [3.63, 3.8) is 0 Å². The molecule has 0 aromatic carbocycles. The lowest BCUT2D eigenvalue weighted by molar-refractivity contribution is 0.102. The van der Waals surface area contributed by atoms with Crippen LogP contribution >= 0.6 is 11.3 Å². The van der Waals surface area contributed by atoms with Gasteiger partial charge in [0.2, 0.25) is 0 Å². The molecule has 15 heavy (non-hydrogen) atoms. The molecule has 0 aliphatic rings. The minimum absolute atomic E-state index is 0.0966.